The molecule has 0 heterocycles. The molecule has 0 spiro atoms. The molecule has 30 heavy (non-hydrogen) atoms. The van der Waals surface area contributed by atoms with Crippen LogP contribution in [0.4, 0.5) is 5.69 Å². The van der Waals surface area contributed by atoms with Crippen LogP contribution in [0.1, 0.15) is 43.6 Å². The SMILES string of the molecule is COC(=O)c1cc(OC)c(OC)cc1NC(=O)C(C)Oc1ccc(C(C)(C)C)cc1. The molecule has 0 fully saturated rings. The number of ether oxygens (including phenoxy) is 4. The van der Waals surface area contributed by atoms with E-state index in [1.54, 1.807) is 6.92 Å². The first kappa shape index (κ1) is 23.1. The van der Waals surface area contributed by atoms with E-state index in [-0.39, 0.29) is 16.7 Å². The quantitative estimate of drug-likeness (QED) is 0.683. The predicted molar refractivity (Wildman–Crippen MR) is 115 cm³/mol. The van der Waals surface area contributed by atoms with Crippen molar-refractivity contribution in [2.45, 2.75) is 39.2 Å². The summed E-state index contributed by atoms with van der Waals surface area (Å²) in [6.07, 6.45) is -0.802. The van der Waals surface area contributed by atoms with E-state index >= 15 is 0 Å². The van der Waals surface area contributed by atoms with Crippen LogP contribution < -0.4 is 19.5 Å². The highest BCUT2D eigenvalue weighted by Gasteiger charge is 2.22. The van der Waals surface area contributed by atoms with Crippen molar-refractivity contribution in [3.63, 3.8) is 0 Å². The molecule has 0 aliphatic rings. The molecule has 2 rings (SSSR count). The largest absolute Gasteiger partial charge is 0.493 e. The molecule has 1 amide bonds. The number of methoxy groups -OCH3 is 3. The second kappa shape index (κ2) is 9.52. The summed E-state index contributed by atoms with van der Waals surface area (Å²) in [5, 5.41) is 2.71. The van der Waals surface area contributed by atoms with E-state index in [0.29, 0.717) is 17.2 Å². The van der Waals surface area contributed by atoms with Gasteiger partial charge in [0.15, 0.2) is 17.6 Å². The lowest BCUT2D eigenvalue weighted by molar-refractivity contribution is -0.122. The second-order valence-electron chi connectivity index (χ2n) is 7.77. The fraction of sp³-hybridized carbons (Fsp3) is 0.391. The Morgan fingerprint density at radius 2 is 1.50 bits per heavy atom. The zero-order valence-electron chi connectivity index (χ0n) is 18.5. The van der Waals surface area contributed by atoms with E-state index in [9.17, 15) is 9.59 Å². The van der Waals surface area contributed by atoms with Crippen LogP contribution in [0, 0.1) is 0 Å². The molecule has 1 N–H and O–H groups in total. The summed E-state index contributed by atoms with van der Waals surface area (Å²) in [4.78, 5) is 24.9. The Hall–Kier alpha value is -3.22. The molecule has 0 aromatic heterocycles. The lowest BCUT2D eigenvalue weighted by atomic mass is 9.87. The Balaban J connectivity index is 2.20. The molecular weight excluding hydrogens is 386 g/mol. The van der Waals surface area contributed by atoms with Gasteiger partial charge < -0.3 is 24.3 Å². The third-order valence-electron chi connectivity index (χ3n) is 4.59. The number of anilines is 1. The summed E-state index contributed by atoms with van der Waals surface area (Å²) >= 11 is 0. The standard InChI is InChI=1S/C23H29NO6/c1-14(30-16-10-8-15(9-11-16)23(2,3)4)21(25)24-18-13-20(28-6)19(27-5)12-17(18)22(26)29-7/h8-14H,1-7H3,(H,24,25). The number of nitrogens with one attached hydrogen (secondary N) is 1. The van der Waals surface area contributed by atoms with Crippen LogP contribution >= 0.6 is 0 Å². The van der Waals surface area contributed by atoms with Gasteiger partial charge >= 0.3 is 5.97 Å². The van der Waals surface area contributed by atoms with Gasteiger partial charge in [-0.2, -0.15) is 0 Å². The van der Waals surface area contributed by atoms with Crippen LogP contribution in [0.3, 0.4) is 0 Å². The van der Waals surface area contributed by atoms with Crippen molar-refractivity contribution in [3.05, 3.63) is 47.5 Å². The van der Waals surface area contributed by atoms with Gasteiger partial charge in [0, 0.05) is 12.1 Å². The van der Waals surface area contributed by atoms with Gasteiger partial charge in [0.05, 0.1) is 32.6 Å². The van der Waals surface area contributed by atoms with E-state index in [4.69, 9.17) is 18.9 Å². The fourth-order valence-electron chi connectivity index (χ4n) is 2.79. The second-order valence-corrected chi connectivity index (χ2v) is 7.77. The van der Waals surface area contributed by atoms with Crippen LogP contribution in [0.15, 0.2) is 36.4 Å². The molecular formula is C23H29NO6. The van der Waals surface area contributed by atoms with Crippen LogP contribution in [0.5, 0.6) is 17.2 Å². The van der Waals surface area contributed by atoms with E-state index in [0.717, 1.165) is 0 Å². The molecule has 0 saturated heterocycles. The molecule has 0 radical (unpaired) electrons. The highest BCUT2D eigenvalue weighted by Crippen LogP contribution is 2.34. The summed E-state index contributed by atoms with van der Waals surface area (Å²) in [5.41, 5.74) is 1.58. The first-order valence-corrected chi connectivity index (χ1v) is 9.53. The number of amides is 1. The van der Waals surface area contributed by atoms with Crippen LogP contribution in [0.25, 0.3) is 0 Å². The smallest absolute Gasteiger partial charge is 0.340 e. The minimum absolute atomic E-state index is 0.0270. The van der Waals surface area contributed by atoms with Gasteiger partial charge in [-0.1, -0.05) is 32.9 Å². The minimum atomic E-state index is -0.802. The van der Waals surface area contributed by atoms with Gasteiger partial charge in [-0.05, 0) is 30.0 Å². The number of rotatable bonds is 7. The highest BCUT2D eigenvalue weighted by atomic mass is 16.5. The van der Waals surface area contributed by atoms with Gasteiger partial charge in [0.25, 0.3) is 5.91 Å². The first-order chi connectivity index (χ1) is 14.1. The van der Waals surface area contributed by atoms with Crippen molar-refractivity contribution in [2.24, 2.45) is 0 Å². The molecule has 0 bridgehead atoms. The summed E-state index contributed by atoms with van der Waals surface area (Å²) in [6.45, 7) is 8.01. The number of hydrogen-bond acceptors (Lipinski definition) is 6. The molecule has 2 aromatic rings. The molecule has 7 heteroatoms. The number of esters is 1. The van der Waals surface area contributed by atoms with Gasteiger partial charge in [0.1, 0.15) is 5.75 Å². The Morgan fingerprint density at radius 3 is 2.00 bits per heavy atom. The van der Waals surface area contributed by atoms with Gasteiger partial charge in [-0.25, -0.2) is 4.79 Å². The Bertz CT molecular complexity index is 899. The summed E-state index contributed by atoms with van der Waals surface area (Å²) < 4.78 is 21.1. The van der Waals surface area contributed by atoms with E-state index < -0.39 is 18.0 Å². The van der Waals surface area contributed by atoms with E-state index in [1.807, 2.05) is 24.3 Å². The van der Waals surface area contributed by atoms with E-state index in [1.165, 1.54) is 39.0 Å². The van der Waals surface area contributed by atoms with Crippen molar-refractivity contribution in [3.8, 4) is 17.2 Å². The number of hydrogen-bond donors (Lipinski definition) is 1. The van der Waals surface area contributed by atoms with Crippen LogP contribution in [-0.4, -0.2) is 39.3 Å². The molecule has 1 unspecified atom stereocenters. The normalized spacial score (nSPS) is 12.0. The zero-order valence-corrected chi connectivity index (χ0v) is 18.5. The molecule has 0 aliphatic carbocycles. The van der Waals surface area contributed by atoms with Gasteiger partial charge in [0.2, 0.25) is 0 Å². The van der Waals surface area contributed by atoms with Crippen molar-refractivity contribution < 1.29 is 28.5 Å². The van der Waals surface area contributed by atoms with Crippen molar-refractivity contribution >= 4 is 17.6 Å². The van der Waals surface area contributed by atoms with Crippen LogP contribution in [-0.2, 0) is 14.9 Å². The third kappa shape index (κ3) is 5.43. The maximum absolute atomic E-state index is 12.7. The predicted octanol–water partition coefficient (Wildman–Crippen LogP) is 4.19. The van der Waals surface area contributed by atoms with Gasteiger partial charge in [-0.15, -0.1) is 0 Å². The lowest BCUT2D eigenvalue weighted by Gasteiger charge is -2.20. The monoisotopic (exact) mass is 415 g/mol. The molecule has 2 aromatic carbocycles. The Morgan fingerprint density at radius 1 is 0.933 bits per heavy atom. The van der Waals surface area contributed by atoms with Crippen molar-refractivity contribution in [1.29, 1.82) is 0 Å². The Labute approximate surface area is 177 Å². The molecule has 162 valence electrons. The summed E-state index contributed by atoms with van der Waals surface area (Å²) in [5.74, 6) is 0.252. The topological polar surface area (TPSA) is 83.1 Å². The summed E-state index contributed by atoms with van der Waals surface area (Å²) in [6, 6.07) is 10.6. The van der Waals surface area contributed by atoms with Crippen LogP contribution in [0.2, 0.25) is 0 Å². The molecule has 1 atom stereocenters. The van der Waals surface area contributed by atoms with Crippen molar-refractivity contribution in [2.75, 3.05) is 26.6 Å². The molecule has 0 saturated carbocycles. The highest BCUT2D eigenvalue weighted by molar-refractivity contribution is 6.03. The summed E-state index contributed by atoms with van der Waals surface area (Å²) in [7, 11) is 4.18. The maximum atomic E-state index is 12.7. The lowest BCUT2D eigenvalue weighted by Crippen LogP contribution is -2.30. The number of benzene rings is 2. The minimum Gasteiger partial charge on any atom is -0.493 e. The fourth-order valence-corrected chi connectivity index (χ4v) is 2.79. The first-order valence-electron chi connectivity index (χ1n) is 9.53. The zero-order chi connectivity index (χ0) is 22.5. The average molecular weight is 415 g/mol. The maximum Gasteiger partial charge on any atom is 0.340 e. The molecule has 7 nitrogen and oxygen atoms in total. The Kier molecular flexibility index (Phi) is 7.32. The van der Waals surface area contributed by atoms with Crippen molar-refractivity contribution in [1.82, 2.24) is 0 Å². The molecule has 0 aliphatic heterocycles. The number of carbonyl (C=O) groups excluding carboxylic acids is 2. The number of carbonyl (C=O) groups is 2. The van der Waals surface area contributed by atoms with Gasteiger partial charge in [-0.3, -0.25) is 4.79 Å². The average Bonchev–Trinajstić information content (AvgIpc) is 2.72. The third-order valence-corrected chi connectivity index (χ3v) is 4.59. The van der Waals surface area contributed by atoms with E-state index in [2.05, 4.69) is 26.1 Å².